The third-order valence-corrected chi connectivity index (χ3v) is 4.08. The highest BCUT2D eigenvalue weighted by Crippen LogP contribution is 2.36. The Morgan fingerprint density at radius 3 is 2.54 bits per heavy atom. The molecule has 1 saturated carbocycles. The fourth-order valence-corrected chi connectivity index (χ4v) is 2.89. The highest BCUT2D eigenvalue weighted by Gasteiger charge is 2.34. The first-order chi connectivity index (χ1) is 6.22. The van der Waals surface area contributed by atoms with Gasteiger partial charge < -0.3 is 5.11 Å². The lowest BCUT2D eigenvalue weighted by molar-refractivity contribution is -0.0316. The molecule has 0 unspecified atom stereocenters. The highest BCUT2D eigenvalue weighted by atomic mass is 32.1. The third kappa shape index (κ3) is 1.94. The maximum Gasteiger partial charge on any atom is 0.0695 e. The van der Waals surface area contributed by atoms with Crippen LogP contribution in [0.25, 0.3) is 0 Å². The van der Waals surface area contributed by atoms with Crippen molar-refractivity contribution in [3.05, 3.63) is 21.9 Å². The van der Waals surface area contributed by atoms with Crippen LogP contribution in [0.3, 0.4) is 0 Å². The van der Waals surface area contributed by atoms with Gasteiger partial charge in [0.2, 0.25) is 0 Å². The molecule has 0 radical (unpaired) electrons. The third-order valence-electron chi connectivity index (χ3n) is 2.85. The topological polar surface area (TPSA) is 20.2 Å². The molecule has 0 aliphatic heterocycles. The van der Waals surface area contributed by atoms with Gasteiger partial charge in [-0.15, -0.1) is 11.3 Å². The first-order valence-electron chi connectivity index (χ1n) is 5.02. The summed E-state index contributed by atoms with van der Waals surface area (Å²) in [5.41, 5.74) is -0.351. The molecule has 1 heterocycles. The molecule has 72 valence electrons. The SMILES string of the molecule is CCc1ccc(CC2(O)CCC2)s1. The van der Waals surface area contributed by atoms with E-state index in [1.54, 1.807) is 0 Å². The lowest BCUT2D eigenvalue weighted by atomic mass is 9.77. The lowest BCUT2D eigenvalue weighted by Crippen LogP contribution is -2.38. The molecule has 0 bridgehead atoms. The largest absolute Gasteiger partial charge is 0.390 e. The fourth-order valence-electron chi connectivity index (χ4n) is 1.79. The van der Waals surface area contributed by atoms with Gasteiger partial charge in [0.05, 0.1) is 5.60 Å². The van der Waals surface area contributed by atoms with Crippen LogP contribution in [-0.4, -0.2) is 10.7 Å². The molecule has 0 aromatic carbocycles. The van der Waals surface area contributed by atoms with Crippen LogP contribution in [0.2, 0.25) is 0 Å². The van der Waals surface area contributed by atoms with E-state index in [2.05, 4.69) is 19.1 Å². The second-order valence-corrected chi connectivity index (χ2v) is 5.23. The zero-order chi connectivity index (χ0) is 9.31. The van der Waals surface area contributed by atoms with Crippen molar-refractivity contribution in [1.82, 2.24) is 0 Å². The van der Waals surface area contributed by atoms with E-state index in [1.165, 1.54) is 16.2 Å². The van der Waals surface area contributed by atoms with E-state index in [1.807, 2.05) is 11.3 Å². The van der Waals surface area contributed by atoms with E-state index in [0.29, 0.717) is 0 Å². The Labute approximate surface area is 83.4 Å². The number of hydrogen-bond acceptors (Lipinski definition) is 2. The lowest BCUT2D eigenvalue weighted by Gasteiger charge is -2.36. The molecule has 0 spiro atoms. The van der Waals surface area contributed by atoms with Gasteiger partial charge in [0, 0.05) is 16.2 Å². The van der Waals surface area contributed by atoms with Crippen LogP contribution in [0.5, 0.6) is 0 Å². The molecule has 1 nitrogen and oxygen atoms in total. The number of thiophene rings is 1. The van der Waals surface area contributed by atoms with Gasteiger partial charge in [-0.25, -0.2) is 0 Å². The van der Waals surface area contributed by atoms with Crippen molar-refractivity contribution in [1.29, 1.82) is 0 Å². The van der Waals surface area contributed by atoms with Crippen LogP contribution in [0.4, 0.5) is 0 Å². The molecule has 1 N–H and O–H groups in total. The predicted molar refractivity (Wildman–Crippen MR) is 56.2 cm³/mol. The van der Waals surface area contributed by atoms with Crippen LogP contribution in [0.15, 0.2) is 12.1 Å². The Kier molecular flexibility index (Phi) is 2.43. The number of rotatable bonds is 3. The van der Waals surface area contributed by atoms with E-state index in [-0.39, 0.29) is 5.60 Å². The van der Waals surface area contributed by atoms with Crippen molar-refractivity contribution in [2.24, 2.45) is 0 Å². The van der Waals surface area contributed by atoms with E-state index in [4.69, 9.17) is 0 Å². The molecule has 13 heavy (non-hydrogen) atoms. The molecule has 0 amide bonds. The highest BCUT2D eigenvalue weighted by molar-refractivity contribution is 7.12. The number of aryl methyl sites for hydroxylation is 1. The normalized spacial score (nSPS) is 19.8. The van der Waals surface area contributed by atoms with Crippen LogP contribution >= 0.6 is 11.3 Å². The molecule has 2 heteroatoms. The Hall–Kier alpha value is -0.340. The van der Waals surface area contributed by atoms with E-state index < -0.39 is 0 Å². The average molecular weight is 196 g/mol. The van der Waals surface area contributed by atoms with Gasteiger partial charge in [0.15, 0.2) is 0 Å². The minimum Gasteiger partial charge on any atom is -0.390 e. The molecule has 1 fully saturated rings. The van der Waals surface area contributed by atoms with Crippen molar-refractivity contribution >= 4 is 11.3 Å². The summed E-state index contributed by atoms with van der Waals surface area (Å²) in [7, 11) is 0. The van der Waals surface area contributed by atoms with Crippen molar-refractivity contribution in [2.45, 2.75) is 44.6 Å². The zero-order valence-corrected chi connectivity index (χ0v) is 8.86. The smallest absolute Gasteiger partial charge is 0.0695 e. The van der Waals surface area contributed by atoms with Gasteiger partial charge in [-0.1, -0.05) is 6.92 Å². The Bertz CT molecular complexity index is 286. The van der Waals surface area contributed by atoms with Gasteiger partial charge in [-0.05, 0) is 37.8 Å². The van der Waals surface area contributed by atoms with Gasteiger partial charge in [0.25, 0.3) is 0 Å². The molecule has 1 aliphatic rings. The standard InChI is InChI=1S/C11H16OS/c1-2-9-4-5-10(13-9)8-11(12)6-3-7-11/h4-5,12H,2-3,6-8H2,1H3. The van der Waals surface area contributed by atoms with Crippen LogP contribution < -0.4 is 0 Å². The number of aliphatic hydroxyl groups is 1. The summed E-state index contributed by atoms with van der Waals surface area (Å²) in [6.45, 7) is 2.17. The second kappa shape index (κ2) is 3.43. The van der Waals surface area contributed by atoms with Crippen molar-refractivity contribution < 1.29 is 5.11 Å². The van der Waals surface area contributed by atoms with Crippen LogP contribution in [0.1, 0.15) is 35.9 Å². The first-order valence-corrected chi connectivity index (χ1v) is 5.83. The summed E-state index contributed by atoms with van der Waals surface area (Å²) in [5.74, 6) is 0. The van der Waals surface area contributed by atoms with E-state index >= 15 is 0 Å². The summed E-state index contributed by atoms with van der Waals surface area (Å²) >= 11 is 1.85. The average Bonchev–Trinajstić information content (AvgIpc) is 2.49. The van der Waals surface area contributed by atoms with Crippen LogP contribution in [-0.2, 0) is 12.8 Å². The molecule has 2 rings (SSSR count). The Balaban J connectivity index is 2.01. The Morgan fingerprint density at radius 1 is 1.38 bits per heavy atom. The quantitative estimate of drug-likeness (QED) is 0.788. The zero-order valence-electron chi connectivity index (χ0n) is 8.05. The fraction of sp³-hybridized carbons (Fsp3) is 0.636. The first kappa shape index (κ1) is 9.22. The predicted octanol–water partition coefficient (Wildman–Crippen LogP) is 2.77. The minimum absolute atomic E-state index is 0.351. The molecular weight excluding hydrogens is 180 g/mol. The van der Waals surface area contributed by atoms with E-state index in [9.17, 15) is 5.11 Å². The van der Waals surface area contributed by atoms with Gasteiger partial charge in [-0.3, -0.25) is 0 Å². The minimum atomic E-state index is -0.351. The molecule has 1 aliphatic carbocycles. The molecule has 0 saturated heterocycles. The van der Waals surface area contributed by atoms with Crippen molar-refractivity contribution in [3.63, 3.8) is 0 Å². The summed E-state index contributed by atoms with van der Waals surface area (Å²) in [6, 6.07) is 4.35. The molecule has 0 atom stereocenters. The summed E-state index contributed by atoms with van der Waals surface area (Å²) in [4.78, 5) is 2.77. The number of hydrogen-bond donors (Lipinski definition) is 1. The van der Waals surface area contributed by atoms with Crippen LogP contribution in [0, 0.1) is 0 Å². The summed E-state index contributed by atoms with van der Waals surface area (Å²) in [5, 5.41) is 9.95. The Morgan fingerprint density at radius 2 is 2.08 bits per heavy atom. The van der Waals surface area contributed by atoms with Gasteiger partial charge >= 0.3 is 0 Å². The van der Waals surface area contributed by atoms with Crippen molar-refractivity contribution in [3.8, 4) is 0 Å². The maximum atomic E-state index is 9.95. The molecular formula is C11H16OS. The van der Waals surface area contributed by atoms with Gasteiger partial charge in [-0.2, -0.15) is 0 Å². The monoisotopic (exact) mass is 196 g/mol. The molecule has 1 aromatic heterocycles. The van der Waals surface area contributed by atoms with E-state index in [0.717, 1.165) is 25.7 Å². The van der Waals surface area contributed by atoms with Gasteiger partial charge in [0.1, 0.15) is 0 Å². The maximum absolute atomic E-state index is 9.95. The summed E-state index contributed by atoms with van der Waals surface area (Å²) in [6.07, 6.45) is 5.17. The second-order valence-electron chi connectivity index (χ2n) is 3.98. The van der Waals surface area contributed by atoms with Crippen molar-refractivity contribution in [2.75, 3.05) is 0 Å². The summed E-state index contributed by atoms with van der Waals surface area (Å²) < 4.78 is 0. The molecule has 1 aromatic rings.